The topological polar surface area (TPSA) is 77.2 Å². The van der Waals surface area contributed by atoms with Crippen molar-refractivity contribution in [3.05, 3.63) is 106 Å². The smallest absolute Gasteiger partial charge is 0.261 e. The zero-order valence-corrected chi connectivity index (χ0v) is 20.1. The maximum absolute atomic E-state index is 13.6. The van der Waals surface area contributed by atoms with Crippen molar-refractivity contribution in [1.29, 1.82) is 0 Å². The lowest BCUT2D eigenvalue weighted by Gasteiger charge is -2.29. The number of aliphatic hydroxyl groups excluding tert-OH is 1. The second-order valence-electron chi connectivity index (χ2n) is 9.44. The average molecular weight is 478 g/mol. The van der Waals surface area contributed by atoms with E-state index in [0.717, 1.165) is 38.7 Å². The Morgan fingerprint density at radius 2 is 1.81 bits per heavy atom. The van der Waals surface area contributed by atoms with Crippen molar-refractivity contribution in [3.63, 3.8) is 0 Å². The van der Waals surface area contributed by atoms with Gasteiger partial charge in [0, 0.05) is 29.4 Å². The summed E-state index contributed by atoms with van der Waals surface area (Å²) in [4.78, 5) is 22.7. The third kappa shape index (κ3) is 3.98. The Hall–Kier alpha value is -3.87. The molecule has 2 atom stereocenters. The lowest BCUT2D eigenvalue weighted by Crippen LogP contribution is -2.39. The fraction of sp³-hybridized carbons (Fsp3) is 0.233. The number of nitrogens with zero attached hydrogens (tertiary/aromatic N) is 3. The minimum Gasteiger partial charge on any atom is -0.389 e. The fourth-order valence-electron chi connectivity index (χ4n) is 5.28. The first kappa shape index (κ1) is 22.6. The van der Waals surface area contributed by atoms with E-state index in [0.29, 0.717) is 30.4 Å². The van der Waals surface area contributed by atoms with E-state index >= 15 is 0 Å². The third-order valence-corrected chi connectivity index (χ3v) is 7.19. The first-order valence-corrected chi connectivity index (χ1v) is 12.3. The molecule has 3 aromatic carbocycles. The summed E-state index contributed by atoms with van der Waals surface area (Å²) in [6.07, 6.45) is 3.94. The van der Waals surface area contributed by atoms with Crippen LogP contribution in [0.2, 0.25) is 0 Å². The molecule has 1 saturated heterocycles. The van der Waals surface area contributed by atoms with Crippen molar-refractivity contribution in [1.82, 2.24) is 14.5 Å². The molecule has 180 valence electrons. The molecule has 6 rings (SSSR count). The van der Waals surface area contributed by atoms with Gasteiger partial charge >= 0.3 is 0 Å². The van der Waals surface area contributed by atoms with Gasteiger partial charge in [-0.15, -0.1) is 0 Å². The summed E-state index contributed by atoms with van der Waals surface area (Å²) in [6.45, 7) is 2.76. The van der Waals surface area contributed by atoms with E-state index in [1.165, 1.54) is 0 Å². The van der Waals surface area contributed by atoms with Crippen LogP contribution < -0.4 is 5.56 Å². The third-order valence-electron chi connectivity index (χ3n) is 7.19. The molecule has 2 aromatic heterocycles. The second-order valence-corrected chi connectivity index (χ2v) is 9.44. The standard InChI is InChI=1S/C30H27N3O3/c1-19-23(7-4-13-31-19)21-10-8-20(9-11-21)15-22-16-26-29(25-6-3-2-5-24(22)25)32-18-33(30(26)35)27-12-14-36-17-28(27)34/h2-11,13,16,18,27-28,34H,12,14-15,17H2,1H3/t27-,28-/m0/s1. The van der Waals surface area contributed by atoms with Gasteiger partial charge in [0.1, 0.15) is 0 Å². The molecular weight excluding hydrogens is 450 g/mol. The van der Waals surface area contributed by atoms with Gasteiger partial charge in [0.25, 0.3) is 5.56 Å². The van der Waals surface area contributed by atoms with Crippen LogP contribution in [0.3, 0.4) is 0 Å². The molecule has 1 aliphatic heterocycles. The summed E-state index contributed by atoms with van der Waals surface area (Å²) in [5, 5.41) is 13.1. The highest BCUT2D eigenvalue weighted by Gasteiger charge is 2.27. The van der Waals surface area contributed by atoms with Gasteiger partial charge in [0.05, 0.1) is 36.0 Å². The number of pyridine rings is 1. The molecule has 6 nitrogen and oxygen atoms in total. The van der Waals surface area contributed by atoms with E-state index in [2.05, 4.69) is 46.4 Å². The summed E-state index contributed by atoms with van der Waals surface area (Å²) in [7, 11) is 0. The Morgan fingerprint density at radius 1 is 1.00 bits per heavy atom. The molecule has 36 heavy (non-hydrogen) atoms. The zero-order chi connectivity index (χ0) is 24.6. The Balaban J connectivity index is 1.43. The van der Waals surface area contributed by atoms with E-state index in [1.807, 2.05) is 43.5 Å². The van der Waals surface area contributed by atoms with Crippen LogP contribution in [0.4, 0.5) is 0 Å². The highest BCUT2D eigenvalue weighted by molar-refractivity contribution is 6.06. The molecule has 1 fully saturated rings. The molecule has 0 bridgehead atoms. The van der Waals surface area contributed by atoms with Crippen LogP contribution in [0.5, 0.6) is 0 Å². The van der Waals surface area contributed by atoms with Crippen LogP contribution in [-0.2, 0) is 11.2 Å². The Morgan fingerprint density at radius 3 is 2.58 bits per heavy atom. The van der Waals surface area contributed by atoms with Crippen molar-refractivity contribution < 1.29 is 9.84 Å². The summed E-state index contributed by atoms with van der Waals surface area (Å²) >= 11 is 0. The van der Waals surface area contributed by atoms with E-state index in [-0.39, 0.29) is 18.2 Å². The van der Waals surface area contributed by atoms with E-state index in [9.17, 15) is 9.90 Å². The van der Waals surface area contributed by atoms with Crippen molar-refractivity contribution in [2.75, 3.05) is 13.2 Å². The zero-order valence-electron chi connectivity index (χ0n) is 20.1. The highest BCUT2D eigenvalue weighted by Crippen LogP contribution is 2.29. The normalized spacial score (nSPS) is 18.1. The summed E-state index contributed by atoms with van der Waals surface area (Å²) in [6, 6.07) is 22.3. The molecule has 0 amide bonds. The monoisotopic (exact) mass is 477 g/mol. The van der Waals surface area contributed by atoms with Crippen molar-refractivity contribution in [2.45, 2.75) is 31.9 Å². The van der Waals surface area contributed by atoms with Crippen LogP contribution in [0.15, 0.2) is 84.0 Å². The lowest BCUT2D eigenvalue weighted by molar-refractivity contribution is -0.0395. The van der Waals surface area contributed by atoms with Gasteiger partial charge in [0.15, 0.2) is 0 Å². The molecule has 0 aliphatic carbocycles. The quantitative estimate of drug-likeness (QED) is 0.375. The summed E-state index contributed by atoms with van der Waals surface area (Å²) in [5.41, 5.74) is 6.07. The van der Waals surface area contributed by atoms with Gasteiger partial charge in [-0.25, -0.2) is 4.98 Å². The van der Waals surface area contributed by atoms with Gasteiger partial charge in [-0.1, -0.05) is 54.6 Å². The molecule has 1 N–H and O–H groups in total. The molecule has 0 saturated carbocycles. The lowest BCUT2D eigenvalue weighted by atomic mass is 9.94. The average Bonchev–Trinajstić information content (AvgIpc) is 2.91. The van der Waals surface area contributed by atoms with Crippen molar-refractivity contribution in [3.8, 4) is 11.1 Å². The minimum absolute atomic E-state index is 0.125. The Labute approximate surface area is 208 Å². The fourth-order valence-corrected chi connectivity index (χ4v) is 5.28. The molecule has 6 heteroatoms. The number of benzene rings is 3. The Bertz CT molecular complexity index is 1630. The maximum atomic E-state index is 13.6. The molecular formula is C30H27N3O3. The number of ether oxygens (including phenoxy) is 1. The van der Waals surface area contributed by atoms with Crippen LogP contribution in [-0.4, -0.2) is 39.0 Å². The van der Waals surface area contributed by atoms with Gasteiger partial charge in [-0.2, -0.15) is 0 Å². The first-order chi connectivity index (χ1) is 17.6. The largest absolute Gasteiger partial charge is 0.389 e. The van der Waals surface area contributed by atoms with Gasteiger partial charge in [-0.05, 0) is 54.0 Å². The van der Waals surface area contributed by atoms with Crippen LogP contribution in [0.25, 0.3) is 32.8 Å². The van der Waals surface area contributed by atoms with Crippen LogP contribution >= 0.6 is 0 Å². The van der Waals surface area contributed by atoms with Crippen LogP contribution in [0.1, 0.15) is 29.3 Å². The molecule has 3 heterocycles. The summed E-state index contributed by atoms with van der Waals surface area (Å²) in [5.74, 6) is 0. The van der Waals surface area contributed by atoms with E-state index in [4.69, 9.17) is 4.74 Å². The molecule has 0 spiro atoms. The van der Waals surface area contributed by atoms with Crippen LogP contribution in [0, 0.1) is 6.92 Å². The number of aromatic nitrogens is 3. The predicted molar refractivity (Wildman–Crippen MR) is 141 cm³/mol. The number of hydrogen-bond acceptors (Lipinski definition) is 5. The van der Waals surface area contributed by atoms with Gasteiger partial charge < -0.3 is 9.84 Å². The second kappa shape index (κ2) is 9.30. The molecule has 0 radical (unpaired) electrons. The molecule has 1 aliphatic rings. The van der Waals surface area contributed by atoms with E-state index < -0.39 is 6.10 Å². The maximum Gasteiger partial charge on any atom is 0.261 e. The SMILES string of the molecule is Cc1ncccc1-c1ccc(Cc2cc3c(=O)n([C@H]4CCOC[C@@H]4O)cnc3c3ccccc23)cc1. The Kier molecular flexibility index (Phi) is 5.83. The van der Waals surface area contributed by atoms with E-state index in [1.54, 1.807) is 10.9 Å². The summed E-state index contributed by atoms with van der Waals surface area (Å²) < 4.78 is 6.94. The van der Waals surface area contributed by atoms with Crippen molar-refractivity contribution in [2.24, 2.45) is 0 Å². The van der Waals surface area contributed by atoms with Gasteiger partial charge in [0.2, 0.25) is 0 Å². The number of aryl methyl sites for hydroxylation is 1. The minimum atomic E-state index is -0.724. The van der Waals surface area contributed by atoms with Gasteiger partial charge in [-0.3, -0.25) is 14.3 Å². The predicted octanol–water partition coefficient (Wildman–Crippen LogP) is 4.83. The number of hydrogen-bond donors (Lipinski definition) is 1. The molecule has 5 aromatic rings. The first-order valence-electron chi connectivity index (χ1n) is 12.3. The highest BCUT2D eigenvalue weighted by atomic mass is 16.5. The number of fused-ring (bicyclic) bond motifs is 3. The van der Waals surface area contributed by atoms with Crippen molar-refractivity contribution >= 4 is 21.7 Å². The molecule has 0 unspecified atom stereocenters. The number of aliphatic hydroxyl groups is 1. The number of rotatable bonds is 4.